The highest BCUT2D eigenvalue weighted by atomic mass is 127. The molecule has 0 fully saturated rings. The first-order valence-corrected chi connectivity index (χ1v) is 8.67. The van der Waals surface area contributed by atoms with Gasteiger partial charge >= 0.3 is 6.09 Å². The Morgan fingerprint density at radius 2 is 1.93 bits per heavy atom. The molecule has 0 heterocycles. The van der Waals surface area contributed by atoms with Crippen molar-refractivity contribution in [3.05, 3.63) is 30.1 Å². The van der Waals surface area contributed by atoms with Crippen LogP contribution in [0.4, 0.5) is 9.18 Å². The van der Waals surface area contributed by atoms with Crippen molar-refractivity contribution in [2.75, 3.05) is 32.8 Å². The Morgan fingerprint density at radius 3 is 2.56 bits per heavy atom. The lowest BCUT2D eigenvalue weighted by Crippen LogP contribution is -2.40. The zero-order valence-corrected chi connectivity index (χ0v) is 18.6. The van der Waals surface area contributed by atoms with Gasteiger partial charge in [0.25, 0.3) is 0 Å². The molecule has 0 spiro atoms. The number of ether oxygens (including phenoxy) is 2. The normalized spacial score (nSPS) is 11.2. The first kappa shape index (κ1) is 25.2. The number of hydrogen-bond acceptors (Lipinski definition) is 4. The molecule has 0 aromatic heterocycles. The molecule has 0 bridgehead atoms. The number of hydrogen-bond donors (Lipinski definition) is 3. The van der Waals surface area contributed by atoms with E-state index in [1.54, 1.807) is 12.1 Å². The second-order valence-corrected chi connectivity index (χ2v) is 6.42. The highest BCUT2D eigenvalue weighted by molar-refractivity contribution is 14.0. The molecular weight excluding hydrogens is 466 g/mol. The van der Waals surface area contributed by atoms with Gasteiger partial charge in [0.05, 0.1) is 13.1 Å². The Bertz CT molecular complexity index is 594. The van der Waals surface area contributed by atoms with Gasteiger partial charge in [0, 0.05) is 19.2 Å². The van der Waals surface area contributed by atoms with Crippen molar-refractivity contribution in [3.63, 3.8) is 0 Å². The summed E-state index contributed by atoms with van der Waals surface area (Å²) in [6.07, 6.45) is -0.464. The van der Waals surface area contributed by atoms with Gasteiger partial charge in [0.1, 0.15) is 23.8 Å². The maximum atomic E-state index is 13.1. The van der Waals surface area contributed by atoms with E-state index in [9.17, 15) is 9.18 Å². The Hall–Kier alpha value is -1.78. The number of carbonyl (C=O) groups is 1. The predicted molar refractivity (Wildman–Crippen MR) is 116 cm³/mol. The van der Waals surface area contributed by atoms with Crippen LogP contribution in [0.5, 0.6) is 5.75 Å². The lowest BCUT2D eigenvalue weighted by molar-refractivity contribution is 0.0529. The number of aliphatic imine (C=N–C) groups is 1. The highest BCUT2D eigenvalue weighted by Crippen LogP contribution is 2.11. The number of nitrogens with zero attached hydrogens (tertiary/aromatic N) is 1. The molecule has 0 aliphatic heterocycles. The monoisotopic (exact) mass is 496 g/mol. The number of alkyl carbamates (subject to hydrolysis) is 1. The van der Waals surface area contributed by atoms with Crippen molar-refractivity contribution >= 4 is 36.0 Å². The second-order valence-electron chi connectivity index (χ2n) is 6.42. The van der Waals surface area contributed by atoms with Crippen molar-refractivity contribution in [1.82, 2.24) is 16.0 Å². The zero-order valence-electron chi connectivity index (χ0n) is 16.3. The number of halogens is 2. The second kappa shape index (κ2) is 13.4. The molecule has 3 N–H and O–H groups in total. The Balaban J connectivity index is 0.00000676. The minimum absolute atomic E-state index is 0. The van der Waals surface area contributed by atoms with Gasteiger partial charge in [-0.25, -0.2) is 9.18 Å². The van der Waals surface area contributed by atoms with Gasteiger partial charge in [-0.05, 0) is 39.8 Å². The quantitative estimate of drug-likeness (QED) is 0.223. The van der Waals surface area contributed by atoms with Gasteiger partial charge in [-0.2, -0.15) is 0 Å². The molecular formula is C18H30FIN4O3. The first-order chi connectivity index (χ1) is 12.3. The number of rotatable bonds is 8. The van der Waals surface area contributed by atoms with Crippen molar-refractivity contribution in [2.24, 2.45) is 4.99 Å². The average Bonchev–Trinajstić information content (AvgIpc) is 2.54. The standard InChI is InChI=1S/C18H29FN4O3.HI/c1-5-20-16(21-9-10-23-17(24)26-18(2,3)4)22-11-12-25-15-8-6-7-14(19)13-15;/h6-8,13H,5,9-12H2,1-4H3,(H,23,24)(H2,20,21,22);1H. The van der Waals surface area contributed by atoms with E-state index in [2.05, 4.69) is 20.9 Å². The number of nitrogens with one attached hydrogen (secondary N) is 3. The van der Waals surface area contributed by atoms with E-state index in [-0.39, 0.29) is 29.8 Å². The molecule has 7 nitrogen and oxygen atoms in total. The van der Waals surface area contributed by atoms with Crippen LogP contribution in [0.25, 0.3) is 0 Å². The molecule has 1 amide bonds. The molecule has 0 aliphatic carbocycles. The molecule has 0 saturated heterocycles. The average molecular weight is 496 g/mol. The summed E-state index contributed by atoms with van der Waals surface area (Å²) < 4.78 is 23.7. The van der Waals surface area contributed by atoms with E-state index in [1.807, 2.05) is 27.7 Å². The maximum absolute atomic E-state index is 13.1. The molecule has 0 radical (unpaired) electrons. The molecule has 1 aromatic rings. The minimum Gasteiger partial charge on any atom is -0.492 e. The Kier molecular flexibility index (Phi) is 12.5. The molecule has 1 aromatic carbocycles. The Morgan fingerprint density at radius 1 is 1.19 bits per heavy atom. The molecule has 9 heteroatoms. The SMILES string of the molecule is CCNC(=NCCNC(=O)OC(C)(C)C)NCCOc1cccc(F)c1.I. The van der Waals surface area contributed by atoms with Crippen LogP contribution in [0, 0.1) is 5.82 Å². The van der Waals surface area contributed by atoms with Gasteiger partial charge in [-0.3, -0.25) is 4.99 Å². The van der Waals surface area contributed by atoms with Gasteiger partial charge in [-0.15, -0.1) is 24.0 Å². The van der Waals surface area contributed by atoms with Crippen LogP contribution in [0.3, 0.4) is 0 Å². The highest BCUT2D eigenvalue weighted by Gasteiger charge is 2.15. The van der Waals surface area contributed by atoms with E-state index < -0.39 is 11.7 Å². The minimum atomic E-state index is -0.522. The van der Waals surface area contributed by atoms with E-state index in [4.69, 9.17) is 9.47 Å². The molecule has 0 saturated carbocycles. The van der Waals surface area contributed by atoms with Crippen LogP contribution >= 0.6 is 24.0 Å². The largest absolute Gasteiger partial charge is 0.492 e. The van der Waals surface area contributed by atoms with Crippen LogP contribution in [-0.2, 0) is 4.74 Å². The lowest BCUT2D eigenvalue weighted by Gasteiger charge is -2.19. The number of guanidine groups is 1. The van der Waals surface area contributed by atoms with Crippen LogP contribution in [0.15, 0.2) is 29.3 Å². The molecule has 0 aliphatic rings. The number of carbonyl (C=O) groups excluding carboxylic acids is 1. The number of benzene rings is 1. The van der Waals surface area contributed by atoms with Crippen LogP contribution in [-0.4, -0.2) is 50.4 Å². The third-order valence-electron chi connectivity index (χ3n) is 2.85. The smallest absolute Gasteiger partial charge is 0.407 e. The van der Waals surface area contributed by atoms with E-state index in [1.165, 1.54) is 12.1 Å². The Labute approximate surface area is 177 Å². The fourth-order valence-electron chi connectivity index (χ4n) is 1.88. The summed E-state index contributed by atoms with van der Waals surface area (Å²) in [5, 5.41) is 8.85. The van der Waals surface area contributed by atoms with E-state index >= 15 is 0 Å². The fraction of sp³-hybridized carbons (Fsp3) is 0.556. The summed E-state index contributed by atoms with van der Waals surface area (Å²) >= 11 is 0. The summed E-state index contributed by atoms with van der Waals surface area (Å²) in [6.45, 7) is 9.73. The third kappa shape index (κ3) is 13.1. The van der Waals surface area contributed by atoms with E-state index in [0.717, 1.165) is 0 Å². The summed E-state index contributed by atoms with van der Waals surface area (Å²) in [5.41, 5.74) is -0.522. The lowest BCUT2D eigenvalue weighted by atomic mass is 10.2. The molecule has 27 heavy (non-hydrogen) atoms. The van der Waals surface area contributed by atoms with Crippen molar-refractivity contribution in [1.29, 1.82) is 0 Å². The van der Waals surface area contributed by atoms with Crippen LogP contribution in [0.1, 0.15) is 27.7 Å². The molecule has 0 unspecified atom stereocenters. The first-order valence-electron chi connectivity index (χ1n) is 8.67. The molecule has 0 atom stereocenters. The summed E-state index contributed by atoms with van der Waals surface area (Å²) in [6, 6.07) is 6.00. The van der Waals surface area contributed by atoms with E-state index in [0.29, 0.717) is 44.5 Å². The van der Waals surface area contributed by atoms with Gasteiger partial charge < -0.3 is 25.4 Å². The van der Waals surface area contributed by atoms with Gasteiger partial charge in [0.15, 0.2) is 5.96 Å². The van der Waals surface area contributed by atoms with Crippen molar-refractivity contribution in [2.45, 2.75) is 33.3 Å². The van der Waals surface area contributed by atoms with Crippen LogP contribution in [0.2, 0.25) is 0 Å². The van der Waals surface area contributed by atoms with Gasteiger partial charge in [0.2, 0.25) is 0 Å². The van der Waals surface area contributed by atoms with Crippen LogP contribution < -0.4 is 20.7 Å². The summed E-state index contributed by atoms with van der Waals surface area (Å²) in [4.78, 5) is 15.9. The molecule has 154 valence electrons. The zero-order chi connectivity index (χ0) is 19.4. The molecule has 1 rings (SSSR count). The predicted octanol–water partition coefficient (Wildman–Crippen LogP) is 2.90. The fourth-order valence-corrected chi connectivity index (χ4v) is 1.88. The third-order valence-corrected chi connectivity index (χ3v) is 2.85. The number of amides is 1. The van der Waals surface area contributed by atoms with Gasteiger partial charge in [-0.1, -0.05) is 6.07 Å². The topological polar surface area (TPSA) is 84.0 Å². The maximum Gasteiger partial charge on any atom is 0.407 e. The van der Waals surface area contributed by atoms with Crippen molar-refractivity contribution < 1.29 is 18.7 Å². The summed E-state index contributed by atoms with van der Waals surface area (Å²) in [7, 11) is 0. The van der Waals surface area contributed by atoms with Crippen molar-refractivity contribution in [3.8, 4) is 5.75 Å². The summed E-state index contributed by atoms with van der Waals surface area (Å²) in [5.74, 6) is 0.763.